The molecule has 3 rings (SSSR count). The second-order valence-electron chi connectivity index (χ2n) is 8.22. The maximum Gasteiger partial charge on any atom is 0.475 e. The molecule has 0 radical (unpaired) electrons. The molecule has 0 aliphatic carbocycles. The van der Waals surface area contributed by atoms with Crippen LogP contribution in [0.1, 0.15) is 55.5 Å². The predicted octanol–water partition coefficient (Wildman–Crippen LogP) is 3.48. The molecule has 2 aromatic carbocycles. The first-order valence-corrected chi connectivity index (χ1v) is 12.5. The van der Waals surface area contributed by atoms with Crippen LogP contribution in [0.25, 0.3) is 10.8 Å². The van der Waals surface area contributed by atoms with E-state index in [1.807, 2.05) is 24.3 Å². The number of carbonyl (C=O) groups is 3. The average Bonchev–Trinajstić information content (AvgIpc) is 3.28. The largest absolute Gasteiger partial charge is 0.475 e. The van der Waals surface area contributed by atoms with Gasteiger partial charge in [0.1, 0.15) is 6.04 Å². The molecule has 2 aromatic rings. The van der Waals surface area contributed by atoms with Crippen LogP contribution >= 0.6 is 24.4 Å². The van der Waals surface area contributed by atoms with Crippen LogP contribution in [-0.2, 0) is 4.79 Å². The smallest absolute Gasteiger partial charge is 0.426 e. The number of nitrogens with one attached hydrogen (secondary N) is 1. The molecule has 1 aliphatic rings. The van der Waals surface area contributed by atoms with Gasteiger partial charge in [0.05, 0.1) is 5.94 Å². The normalized spacial score (nSPS) is 16.2. The monoisotopic (exact) mass is 490 g/mol. The molecule has 0 saturated carbocycles. The van der Waals surface area contributed by atoms with Gasteiger partial charge < -0.3 is 20.3 Å². The van der Waals surface area contributed by atoms with E-state index in [2.05, 4.69) is 37.9 Å². The van der Waals surface area contributed by atoms with E-state index < -0.39 is 19.1 Å². The Kier molecular flexibility index (Phi) is 10.3. The summed E-state index contributed by atoms with van der Waals surface area (Å²) in [7, 11) is -1.57. The van der Waals surface area contributed by atoms with Gasteiger partial charge in [0.25, 0.3) is 5.91 Å². The molecule has 3 N–H and O–H groups in total. The fraction of sp³-hybridized carbons (Fsp3) is 0.435. The molecular formula is C23H31BN2O5S2. The minimum Gasteiger partial charge on any atom is -0.426 e. The number of amides is 2. The van der Waals surface area contributed by atoms with Crippen LogP contribution in [0.4, 0.5) is 4.79 Å². The van der Waals surface area contributed by atoms with Gasteiger partial charge in [-0.3, -0.25) is 14.4 Å². The van der Waals surface area contributed by atoms with Crippen molar-refractivity contribution in [3.8, 4) is 0 Å². The molecule has 10 heteroatoms. The van der Waals surface area contributed by atoms with Gasteiger partial charge in [0, 0.05) is 12.1 Å². The number of nitrogens with zero attached hydrogens (tertiary/aromatic N) is 1. The number of thioether (sulfide) groups is 1. The molecule has 1 heterocycles. The number of benzene rings is 2. The minimum absolute atomic E-state index is 0.134. The SMILES string of the molecule is CC(NC(=O)c1cccc2c(C(C)C)cccc12)C(=O)N1CCCC1B(O)O.CSC(=O)S. The molecule has 0 aromatic heterocycles. The minimum atomic E-state index is -1.57. The van der Waals surface area contributed by atoms with Gasteiger partial charge in [-0.05, 0) is 54.3 Å². The topological polar surface area (TPSA) is 107 Å². The number of thiol groups is 1. The summed E-state index contributed by atoms with van der Waals surface area (Å²) >= 11 is 4.53. The Morgan fingerprint density at radius 3 is 2.30 bits per heavy atom. The highest BCUT2D eigenvalue weighted by Gasteiger charge is 2.38. The summed E-state index contributed by atoms with van der Waals surface area (Å²) < 4.78 is -0.134. The fourth-order valence-corrected chi connectivity index (χ4v) is 4.00. The summed E-state index contributed by atoms with van der Waals surface area (Å²) in [5.41, 5.74) is 1.70. The lowest BCUT2D eigenvalue weighted by Crippen LogP contribution is -2.52. The average molecular weight is 490 g/mol. The maximum atomic E-state index is 12.9. The third-order valence-corrected chi connectivity index (χ3v) is 6.54. The highest BCUT2D eigenvalue weighted by molar-refractivity contribution is 8.31. The van der Waals surface area contributed by atoms with Crippen LogP contribution in [0.5, 0.6) is 0 Å². The lowest BCUT2D eigenvalue weighted by Gasteiger charge is -2.27. The van der Waals surface area contributed by atoms with Gasteiger partial charge in [0.15, 0.2) is 0 Å². The summed E-state index contributed by atoms with van der Waals surface area (Å²) in [6.07, 6.45) is 2.96. The number of likely N-dealkylation sites (tertiary alicyclic amines) is 1. The molecule has 1 fully saturated rings. The van der Waals surface area contributed by atoms with Crippen molar-refractivity contribution in [2.45, 2.75) is 51.5 Å². The van der Waals surface area contributed by atoms with Crippen molar-refractivity contribution in [2.24, 2.45) is 0 Å². The molecule has 178 valence electrons. The molecule has 1 saturated heterocycles. The molecule has 2 amide bonds. The van der Waals surface area contributed by atoms with Crippen LogP contribution in [0.2, 0.25) is 0 Å². The van der Waals surface area contributed by atoms with Crippen molar-refractivity contribution in [2.75, 3.05) is 12.8 Å². The molecule has 0 spiro atoms. The standard InChI is InChI=1S/C21H27BN2O4.C2H4OS2/c1-13(2)15-7-4-9-17-16(15)8-5-10-18(17)20(25)23-14(3)21(26)24-12-6-11-19(24)22(27)28;1-5-2(3)4/h4-5,7-10,13-14,19,27-28H,6,11-12H2,1-3H3,(H,23,25);1H3,(H,3,4). The number of rotatable bonds is 5. The Morgan fingerprint density at radius 2 is 1.73 bits per heavy atom. The quantitative estimate of drug-likeness (QED) is 0.378. The summed E-state index contributed by atoms with van der Waals surface area (Å²) in [4.78, 5) is 36.7. The fourth-order valence-electron chi connectivity index (χ4n) is 4.00. The zero-order chi connectivity index (χ0) is 24.7. The van der Waals surface area contributed by atoms with Crippen LogP contribution in [-0.4, -0.2) is 63.1 Å². The lowest BCUT2D eigenvalue weighted by molar-refractivity contribution is -0.132. The van der Waals surface area contributed by atoms with Crippen LogP contribution in [0.3, 0.4) is 0 Å². The van der Waals surface area contributed by atoms with Crippen molar-refractivity contribution in [1.29, 1.82) is 0 Å². The number of hydrogen-bond acceptors (Lipinski definition) is 6. The molecule has 7 nitrogen and oxygen atoms in total. The van der Waals surface area contributed by atoms with Crippen molar-refractivity contribution in [3.05, 3.63) is 47.5 Å². The van der Waals surface area contributed by atoms with E-state index >= 15 is 0 Å². The highest BCUT2D eigenvalue weighted by atomic mass is 32.2. The molecule has 1 aliphatic heterocycles. The van der Waals surface area contributed by atoms with Gasteiger partial charge in [-0.15, -0.1) is 0 Å². The first-order chi connectivity index (χ1) is 15.6. The van der Waals surface area contributed by atoms with Gasteiger partial charge in [-0.2, -0.15) is 0 Å². The van der Waals surface area contributed by atoms with Crippen molar-refractivity contribution in [3.63, 3.8) is 0 Å². The summed E-state index contributed by atoms with van der Waals surface area (Å²) in [5.74, 6) is -0.891. The second-order valence-corrected chi connectivity index (χ2v) is 9.71. The van der Waals surface area contributed by atoms with E-state index in [4.69, 9.17) is 0 Å². The van der Waals surface area contributed by atoms with Gasteiger partial charge in [0.2, 0.25) is 10.4 Å². The first kappa shape index (κ1) is 27.2. The molecule has 2 unspecified atom stereocenters. The summed E-state index contributed by atoms with van der Waals surface area (Å²) in [6, 6.07) is 10.8. The van der Waals surface area contributed by atoms with E-state index in [1.54, 1.807) is 19.2 Å². The maximum absolute atomic E-state index is 12.9. The molecule has 0 bridgehead atoms. The predicted molar refractivity (Wildman–Crippen MR) is 138 cm³/mol. The van der Waals surface area contributed by atoms with Crippen LogP contribution in [0.15, 0.2) is 36.4 Å². The van der Waals surface area contributed by atoms with Crippen LogP contribution < -0.4 is 5.32 Å². The zero-order valence-corrected chi connectivity index (χ0v) is 21.0. The second kappa shape index (κ2) is 12.5. The van der Waals surface area contributed by atoms with Crippen molar-refractivity contribution < 1.29 is 24.4 Å². The third kappa shape index (κ3) is 6.99. The number of carbonyl (C=O) groups excluding carboxylic acids is 3. The summed E-state index contributed by atoms with van der Waals surface area (Å²) in [5, 5.41) is 23.6. The highest BCUT2D eigenvalue weighted by Crippen LogP contribution is 2.27. The Bertz CT molecular complexity index is 1000. The van der Waals surface area contributed by atoms with Crippen molar-refractivity contribution in [1.82, 2.24) is 10.2 Å². The third-order valence-electron chi connectivity index (χ3n) is 5.64. The molecule has 33 heavy (non-hydrogen) atoms. The lowest BCUT2D eigenvalue weighted by atomic mass is 9.78. The van der Waals surface area contributed by atoms with Crippen LogP contribution in [0, 0.1) is 0 Å². The Labute approximate surface area is 204 Å². The van der Waals surface area contributed by atoms with E-state index in [-0.39, 0.29) is 16.3 Å². The summed E-state index contributed by atoms with van der Waals surface area (Å²) in [6.45, 7) is 6.33. The van der Waals surface area contributed by atoms with E-state index in [1.165, 1.54) is 10.5 Å². The Morgan fingerprint density at radius 1 is 1.12 bits per heavy atom. The van der Waals surface area contributed by atoms with E-state index in [9.17, 15) is 24.4 Å². The number of hydrogen-bond donors (Lipinski definition) is 4. The zero-order valence-electron chi connectivity index (χ0n) is 19.3. The van der Waals surface area contributed by atoms with Crippen molar-refractivity contribution >= 4 is 58.5 Å². The van der Waals surface area contributed by atoms with E-state index in [0.717, 1.165) is 29.0 Å². The number of fused-ring (bicyclic) bond motifs is 1. The Hall–Kier alpha value is -2.01. The first-order valence-electron chi connectivity index (χ1n) is 10.8. The molecular weight excluding hydrogens is 459 g/mol. The Balaban J connectivity index is 0.000000696. The van der Waals surface area contributed by atoms with Gasteiger partial charge >= 0.3 is 7.12 Å². The van der Waals surface area contributed by atoms with Gasteiger partial charge in [-0.25, -0.2) is 0 Å². The molecule has 2 atom stereocenters. The van der Waals surface area contributed by atoms with E-state index in [0.29, 0.717) is 24.4 Å². The van der Waals surface area contributed by atoms with Gasteiger partial charge in [-0.1, -0.05) is 68.6 Å².